The van der Waals surface area contributed by atoms with E-state index in [0.29, 0.717) is 6.54 Å². The molecule has 1 heterocycles. The lowest BCUT2D eigenvalue weighted by atomic mass is 10.2. The molecule has 0 spiro atoms. The minimum atomic E-state index is 0.240. The zero-order valence-corrected chi connectivity index (χ0v) is 9.01. The molecule has 1 saturated heterocycles. The number of nitrogens with zero attached hydrogens (tertiary/aromatic N) is 1. The first kappa shape index (κ1) is 11.2. The van der Waals surface area contributed by atoms with E-state index in [2.05, 4.69) is 11.9 Å². The highest BCUT2D eigenvalue weighted by atomic mass is 16.2. The van der Waals surface area contributed by atoms with Crippen LogP contribution in [-0.4, -0.2) is 37.0 Å². The van der Waals surface area contributed by atoms with E-state index in [1.807, 2.05) is 11.8 Å². The van der Waals surface area contributed by atoms with Crippen molar-refractivity contribution in [1.82, 2.24) is 10.2 Å². The maximum absolute atomic E-state index is 11.5. The van der Waals surface area contributed by atoms with Gasteiger partial charge in [-0.3, -0.25) is 4.79 Å². The molecule has 1 aliphatic rings. The van der Waals surface area contributed by atoms with Gasteiger partial charge in [-0.1, -0.05) is 5.57 Å². The van der Waals surface area contributed by atoms with Crippen molar-refractivity contribution in [2.45, 2.75) is 26.2 Å². The van der Waals surface area contributed by atoms with Crippen LogP contribution in [0.3, 0.4) is 0 Å². The van der Waals surface area contributed by atoms with Crippen LogP contribution in [0.15, 0.2) is 12.2 Å². The first-order valence-corrected chi connectivity index (χ1v) is 5.33. The second-order valence-electron chi connectivity index (χ2n) is 3.97. The minimum Gasteiger partial charge on any atom is -0.342 e. The summed E-state index contributed by atoms with van der Waals surface area (Å²) in [6.45, 7) is 9.04. The van der Waals surface area contributed by atoms with Gasteiger partial charge in [-0.15, -0.1) is 6.58 Å². The van der Waals surface area contributed by atoms with Crippen molar-refractivity contribution >= 4 is 5.91 Å². The SMILES string of the molecule is C=C(C)CCNCC(=O)N1CCCC1. The molecule has 0 radical (unpaired) electrons. The Morgan fingerprint density at radius 3 is 2.64 bits per heavy atom. The number of amides is 1. The summed E-state index contributed by atoms with van der Waals surface area (Å²) in [6.07, 6.45) is 3.28. The second kappa shape index (κ2) is 5.81. The number of carbonyl (C=O) groups excluding carboxylic acids is 1. The molecule has 3 heteroatoms. The van der Waals surface area contributed by atoms with Crippen molar-refractivity contribution in [3.63, 3.8) is 0 Å². The predicted octanol–water partition coefficient (Wildman–Crippen LogP) is 1.16. The molecule has 1 aliphatic heterocycles. The summed E-state index contributed by atoms with van der Waals surface area (Å²) in [6, 6.07) is 0. The van der Waals surface area contributed by atoms with Crippen LogP contribution in [0.5, 0.6) is 0 Å². The summed E-state index contributed by atoms with van der Waals surface area (Å²) >= 11 is 0. The van der Waals surface area contributed by atoms with E-state index in [-0.39, 0.29) is 5.91 Å². The van der Waals surface area contributed by atoms with Gasteiger partial charge in [-0.05, 0) is 32.7 Å². The van der Waals surface area contributed by atoms with E-state index in [1.54, 1.807) is 0 Å². The Hall–Kier alpha value is -0.830. The average molecular weight is 196 g/mol. The van der Waals surface area contributed by atoms with Gasteiger partial charge in [-0.25, -0.2) is 0 Å². The number of hydrogen-bond donors (Lipinski definition) is 1. The summed E-state index contributed by atoms with van der Waals surface area (Å²) in [5.41, 5.74) is 1.16. The van der Waals surface area contributed by atoms with Gasteiger partial charge in [0.1, 0.15) is 0 Å². The monoisotopic (exact) mass is 196 g/mol. The molecule has 0 aliphatic carbocycles. The Morgan fingerprint density at radius 1 is 1.43 bits per heavy atom. The van der Waals surface area contributed by atoms with Gasteiger partial charge in [0.2, 0.25) is 5.91 Å². The molecule has 0 aromatic carbocycles. The molecule has 80 valence electrons. The van der Waals surface area contributed by atoms with E-state index in [9.17, 15) is 4.79 Å². The van der Waals surface area contributed by atoms with Crippen LogP contribution in [0.4, 0.5) is 0 Å². The molecule has 0 atom stereocenters. The normalized spacial score (nSPS) is 15.9. The summed E-state index contributed by atoms with van der Waals surface area (Å²) < 4.78 is 0. The fourth-order valence-electron chi connectivity index (χ4n) is 1.58. The average Bonchev–Trinajstić information content (AvgIpc) is 2.64. The molecule has 14 heavy (non-hydrogen) atoms. The Balaban J connectivity index is 2.05. The molecular weight excluding hydrogens is 176 g/mol. The van der Waals surface area contributed by atoms with Crippen LogP contribution in [0.1, 0.15) is 26.2 Å². The van der Waals surface area contributed by atoms with Crippen molar-refractivity contribution in [2.75, 3.05) is 26.2 Å². The Labute approximate surface area is 86.2 Å². The van der Waals surface area contributed by atoms with Crippen LogP contribution < -0.4 is 5.32 Å². The van der Waals surface area contributed by atoms with Gasteiger partial charge in [0, 0.05) is 13.1 Å². The summed E-state index contributed by atoms with van der Waals surface area (Å²) in [7, 11) is 0. The molecule has 0 aromatic rings. The lowest BCUT2D eigenvalue weighted by Crippen LogP contribution is -2.36. The predicted molar refractivity (Wildman–Crippen MR) is 58.1 cm³/mol. The van der Waals surface area contributed by atoms with Crippen molar-refractivity contribution in [3.8, 4) is 0 Å². The lowest BCUT2D eigenvalue weighted by Gasteiger charge is -2.15. The van der Waals surface area contributed by atoms with Crippen LogP contribution in [0.25, 0.3) is 0 Å². The molecule has 0 aromatic heterocycles. The fourth-order valence-corrected chi connectivity index (χ4v) is 1.58. The molecule has 0 bridgehead atoms. The van der Waals surface area contributed by atoms with Crippen molar-refractivity contribution < 1.29 is 4.79 Å². The van der Waals surface area contributed by atoms with Crippen molar-refractivity contribution in [1.29, 1.82) is 0 Å². The number of hydrogen-bond acceptors (Lipinski definition) is 2. The van der Waals surface area contributed by atoms with Crippen molar-refractivity contribution in [2.24, 2.45) is 0 Å². The molecule has 0 unspecified atom stereocenters. The maximum Gasteiger partial charge on any atom is 0.236 e. The van der Waals surface area contributed by atoms with Gasteiger partial charge in [0.05, 0.1) is 6.54 Å². The molecule has 1 fully saturated rings. The van der Waals surface area contributed by atoms with Crippen molar-refractivity contribution in [3.05, 3.63) is 12.2 Å². The molecular formula is C11H20N2O. The Kier molecular flexibility index (Phi) is 4.66. The number of likely N-dealkylation sites (tertiary alicyclic amines) is 1. The largest absolute Gasteiger partial charge is 0.342 e. The molecule has 1 N–H and O–H groups in total. The van der Waals surface area contributed by atoms with Gasteiger partial charge in [0.25, 0.3) is 0 Å². The van der Waals surface area contributed by atoms with Crippen LogP contribution >= 0.6 is 0 Å². The maximum atomic E-state index is 11.5. The van der Waals surface area contributed by atoms with Gasteiger partial charge in [0.15, 0.2) is 0 Å². The first-order chi connectivity index (χ1) is 6.70. The van der Waals surface area contributed by atoms with Gasteiger partial charge < -0.3 is 10.2 Å². The third kappa shape index (κ3) is 3.92. The summed E-state index contributed by atoms with van der Waals surface area (Å²) in [4.78, 5) is 13.5. The van der Waals surface area contributed by atoms with Crippen LogP contribution in [0.2, 0.25) is 0 Å². The number of rotatable bonds is 5. The second-order valence-corrected chi connectivity index (χ2v) is 3.97. The van der Waals surface area contributed by atoms with E-state index in [0.717, 1.165) is 44.5 Å². The Bertz CT molecular complexity index is 207. The molecule has 0 saturated carbocycles. The highest BCUT2D eigenvalue weighted by molar-refractivity contribution is 5.78. The van der Waals surface area contributed by atoms with E-state index in [1.165, 1.54) is 0 Å². The van der Waals surface area contributed by atoms with Crippen LogP contribution in [0, 0.1) is 0 Å². The van der Waals surface area contributed by atoms with Gasteiger partial charge >= 0.3 is 0 Å². The first-order valence-electron chi connectivity index (χ1n) is 5.33. The zero-order valence-electron chi connectivity index (χ0n) is 9.01. The number of nitrogens with one attached hydrogen (secondary N) is 1. The smallest absolute Gasteiger partial charge is 0.236 e. The summed E-state index contributed by atoms with van der Waals surface area (Å²) in [5, 5.41) is 3.14. The topological polar surface area (TPSA) is 32.3 Å². The highest BCUT2D eigenvalue weighted by Gasteiger charge is 2.16. The highest BCUT2D eigenvalue weighted by Crippen LogP contribution is 2.06. The van der Waals surface area contributed by atoms with E-state index >= 15 is 0 Å². The third-order valence-corrected chi connectivity index (χ3v) is 2.46. The molecule has 1 rings (SSSR count). The van der Waals surface area contributed by atoms with Gasteiger partial charge in [-0.2, -0.15) is 0 Å². The third-order valence-electron chi connectivity index (χ3n) is 2.46. The van der Waals surface area contributed by atoms with E-state index < -0.39 is 0 Å². The molecule has 3 nitrogen and oxygen atoms in total. The van der Waals surface area contributed by atoms with Crippen LogP contribution in [-0.2, 0) is 4.79 Å². The lowest BCUT2D eigenvalue weighted by molar-refractivity contribution is -0.129. The zero-order chi connectivity index (χ0) is 10.4. The Morgan fingerprint density at radius 2 is 2.07 bits per heavy atom. The minimum absolute atomic E-state index is 0.240. The van der Waals surface area contributed by atoms with E-state index in [4.69, 9.17) is 0 Å². The fraction of sp³-hybridized carbons (Fsp3) is 0.727. The summed E-state index contributed by atoms with van der Waals surface area (Å²) in [5.74, 6) is 0.240. The standard InChI is InChI=1S/C11H20N2O/c1-10(2)5-6-12-9-11(14)13-7-3-4-8-13/h12H,1,3-9H2,2H3. The quantitative estimate of drug-likeness (QED) is 0.529. The molecule has 1 amide bonds. The number of carbonyl (C=O) groups is 1.